The highest BCUT2D eigenvalue weighted by molar-refractivity contribution is 6.32. The maximum atomic E-state index is 9.09. The number of nitriles is 1. The molecule has 0 aliphatic carbocycles. The van der Waals surface area contributed by atoms with Gasteiger partial charge in [0.05, 0.1) is 29.1 Å². The summed E-state index contributed by atoms with van der Waals surface area (Å²) in [5, 5.41) is 9.56. The number of furan rings is 1. The van der Waals surface area contributed by atoms with Crippen molar-refractivity contribution in [3.05, 3.63) is 52.9 Å². The standard InChI is InChI=1S/C13H11ClN2O/c1-16(9-10-4-3-7-17-10)13-6-2-5-12(14)11(13)8-15/h2-7H,9H2,1H3. The summed E-state index contributed by atoms with van der Waals surface area (Å²) < 4.78 is 5.27. The predicted octanol–water partition coefficient (Wildman–Crippen LogP) is 3.44. The minimum Gasteiger partial charge on any atom is -0.467 e. The molecule has 1 aromatic heterocycles. The second-order valence-electron chi connectivity index (χ2n) is 3.68. The maximum Gasteiger partial charge on any atom is 0.123 e. The van der Waals surface area contributed by atoms with Crippen LogP contribution in [0.3, 0.4) is 0 Å². The second-order valence-corrected chi connectivity index (χ2v) is 4.09. The quantitative estimate of drug-likeness (QED) is 0.833. The van der Waals surface area contributed by atoms with E-state index in [0.29, 0.717) is 17.1 Å². The lowest BCUT2D eigenvalue weighted by Gasteiger charge is -2.19. The molecule has 4 heteroatoms. The minimum absolute atomic E-state index is 0.469. The van der Waals surface area contributed by atoms with E-state index in [2.05, 4.69) is 6.07 Å². The summed E-state index contributed by atoms with van der Waals surface area (Å²) in [6, 6.07) is 11.3. The SMILES string of the molecule is CN(Cc1ccco1)c1cccc(Cl)c1C#N. The number of benzene rings is 1. The highest BCUT2D eigenvalue weighted by Gasteiger charge is 2.11. The van der Waals surface area contributed by atoms with Crippen LogP contribution in [0.5, 0.6) is 0 Å². The van der Waals surface area contributed by atoms with Crippen molar-refractivity contribution in [2.45, 2.75) is 6.54 Å². The molecule has 0 aliphatic heterocycles. The Kier molecular flexibility index (Phi) is 3.36. The lowest BCUT2D eigenvalue weighted by Crippen LogP contribution is -2.17. The highest BCUT2D eigenvalue weighted by Crippen LogP contribution is 2.26. The van der Waals surface area contributed by atoms with Crippen LogP contribution < -0.4 is 4.90 Å². The van der Waals surface area contributed by atoms with Crippen LogP contribution in [-0.2, 0) is 6.54 Å². The van der Waals surface area contributed by atoms with Gasteiger partial charge in [0.2, 0.25) is 0 Å². The Balaban J connectivity index is 2.28. The first-order chi connectivity index (χ1) is 8.22. The molecule has 3 nitrogen and oxygen atoms in total. The van der Waals surface area contributed by atoms with Gasteiger partial charge in [0.15, 0.2) is 0 Å². The molecule has 0 unspecified atom stereocenters. The van der Waals surface area contributed by atoms with Crippen molar-refractivity contribution < 1.29 is 4.42 Å². The summed E-state index contributed by atoms with van der Waals surface area (Å²) in [6.45, 7) is 0.599. The Morgan fingerprint density at radius 1 is 1.35 bits per heavy atom. The number of hydrogen-bond acceptors (Lipinski definition) is 3. The topological polar surface area (TPSA) is 40.2 Å². The van der Waals surface area contributed by atoms with E-state index in [-0.39, 0.29) is 0 Å². The van der Waals surface area contributed by atoms with E-state index in [9.17, 15) is 0 Å². The molecule has 17 heavy (non-hydrogen) atoms. The van der Waals surface area contributed by atoms with Crippen LogP contribution >= 0.6 is 11.6 Å². The van der Waals surface area contributed by atoms with Crippen molar-refractivity contribution in [1.29, 1.82) is 5.26 Å². The largest absolute Gasteiger partial charge is 0.467 e. The minimum atomic E-state index is 0.469. The third-order valence-electron chi connectivity index (χ3n) is 2.49. The molecule has 2 aromatic rings. The van der Waals surface area contributed by atoms with Gasteiger partial charge in [-0.1, -0.05) is 17.7 Å². The number of halogens is 1. The molecule has 1 heterocycles. The highest BCUT2D eigenvalue weighted by atomic mass is 35.5. The molecule has 0 amide bonds. The Labute approximate surface area is 105 Å². The molecule has 86 valence electrons. The molecule has 0 fully saturated rings. The van der Waals surface area contributed by atoms with Crippen LogP contribution in [0.15, 0.2) is 41.0 Å². The average Bonchev–Trinajstić information content (AvgIpc) is 2.81. The van der Waals surface area contributed by atoms with Gasteiger partial charge in [-0.05, 0) is 24.3 Å². The molecular formula is C13H11ClN2O. The normalized spacial score (nSPS) is 9.94. The number of rotatable bonds is 3. The molecule has 0 radical (unpaired) electrons. The van der Waals surface area contributed by atoms with Gasteiger partial charge in [-0.2, -0.15) is 5.26 Å². The zero-order valence-corrected chi connectivity index (χ0v) is 10.1. The summed E-state index contributed by atoms with van der Waals surface area (Å²) in [5.74, 6) is 0.844. The molecular weight excluding hydrogens is 236 g/mol. The number of hydrogen-bond donors (Lipinski definition) is 0. The van der Waals surface area contributed by atoms with Crippen molar-refractivity contribution >= 4 is 17.3 Å². The summed E-state index contributed by atoms with van der Waals surface area (Å²) in [4.78, 5) is 1.93. The Bertz CT molecular complexity index is 543. The van der Waals surface area contributed by atoms with Gasteiger partial charge in [0, 0.05) is 7.05 Å². The first-order valence-corrected chi connectivity index (χ1v) is 5.52. The first-order valence-electron chi connectivity index (χ1n) is 5.14. The lowest BCUT2D eigenvalue weighted by molar-refractivity contribution is 0.507. The van der Waals surface area contributed by atoms with Gasteiger partial charge in [0.1, 0.15) is 11.8 Å². The zero-order valence-electron chi connectivity index (χ0n) is 9.35. The summed E-state index contributed by atoms with van der Waals surface area (Å²) in [5.41, 5.74) is 1.29. The lowest BCUT2D eigenvalue weighted by atomic mass is 10.1. The molecule has 2 rings (SSSR count). The van der Waals surface area contributed by atoms with Crippen LogP contribution in [-0.4, -0.2) is 7.05 Å². The van der Waals surface area contributed by atoms with Gasteiger partial charge in [-0.25, -0.2) is 0 Å². The van der Waals surface area contributed by atoms with E-state index in [1.165, 1.54) is 0 Å². The van der Waals surface area contributed by atoms with Gasteiger partial charge in [-0.15, -0.1) is 0 Å². The third kappa shape index (κ3) is 2.43. The van der Waals surface area contributed by atoms with E-state index in [4.69, 9.17) is 21.3 Å². The van der Waals surface area contributed by atoms with Crippen molar-refractivity contribution in [2.24, 2.45) is 0 Å². The second kappa shape index (κ2) is 4.94. The zero-order chi connectivity index (χ0) is 12.3. The third-order valence-corrected chi connectivity index (χ3v) is 2.80. The maximum absolute atomic E-state index is 9.09. The van der Waals surface area contributed by atoms with Crippen molar-refractivity contribution in [1.82, 2.24) is 0 Å². The van der Waals surface area contributed by atoms with Gasteiger partial charge < -0.3 is 9.32 Å². The van der Waals surface area contributed by atoms with E-state index >= 15 is 0 Å². The van der Waals surface area contributed by atoms with Gasteiger partial charge >= 0.3 is 0 Å². The van der Waals surface area contributed by atoms with E-state index in [0.717, 1.165) is 11.4 Å². The van der Waals surface area contributed by atoms with Crippen LogP contribution in [0.1, 0.15) is 11.3 Å². The molecule has 0 N–H and O–H groups in total. The Morgan fingerprint density at radius 2 is 2.18 bits per heavy atom. The molecule has 0 aliphatic rings. The Morgan fingerprint density at radius 3 is 2.82 bits per heavy atom. The van der Waals surface area contributed by atoms with E-state index < -0.39 is 0 Å². The van der Waals surface area contributed by atoms with Crippen molar-refractivity contribution in [3.63, 3.8) is 0 Å². The van der Waals surface area contributed by atoms with Gasteiger partial charge in [0.25, 0.3) is 0 Å². The predicted molar refractivity (Wildman–Crippen MR) is 67.0 cm³/mol. The van der Waals surface area contributed by atoms with Crippen LogP contribution in [0.4, 0.5) is 5.69 Å². The summed E-state index contributed by atoms with van der Waals surface area (Å²) >= 11 is 5.98. The fourth-order valence-electron chi connectivity index (χ4n) is 1.66. The fourth-order valence-corrected chi connectivity index (χ4v) is 1.87. The first kappa shape index (κ1) is 11.6. The molecule has 0 spiro atoms. The summed E-state index contributed by atoms with van der Waals surface area (Å²) in [7, 11) is 1.90. The molecule has 1 aromatic carbocycles. The van der Waals surface area contributed by atoms with Gasteiger partial charge in [-0.3, -0.25) is 0 Å². The monoisotopic (exact) mass is 246 g/mol. The Hall–Kier alpha value is -1.92. The van der Waals surface area contributed by atoms with Crippen molar-refractivity contribution in [3.8, 4) is 6.07 Å². The smallest absolute Gasteiger partial charge is 0.123 e. The molecule has 0 bridgehead atoms. The van der Waals surface area contributed by atoms with Crippen LogP contribution in [0, 0.1) is 11.3 Å². The van der Waals surface area contributed by atoms with E-state index in [1.54, 1.807) is 12.3 Å². The number of anilines is 1. The fraction of sp³-hybridized carbons (Fsp3) is 0.154. The molecule has 0 saturated heterocycles. The van der Waals surface area contributed by atoms with Crippen molar-refractivity contribution in [2.75, 3.05) is 11.9 Å². The number of nitrogens with zero attached hydrogens (tertiary/aromatic N) is 2. The van der Waals surface area contributed by atoms with E-state index in [1.807, 2.05) is 36.2 Å². The average molecular weight is 247 g/mol. The summed E-state index contributed by atoms with van der Waals surface area (Å²) in [6.07, 6.45) is 1.63. The van der Waals surface area contributed by atoms with Crippen LogP contribution in [0.25, 0.3) is 0 Å². The molecule has 0 saturated carbocycles. The van der Waals surface area contributed by atoms with Crippen LogP contribution in [0.2, 0.25) is 5.02 Å². The molecule has 0 atom stereocenters.